The van der Waals surface area contributed by atoms with Crippen molar-refractivity contribution in [3.8, 4) is 33.8 Å². The van der Waals surface area contributed by atoms with Crippen molar-refractivity contribution in [3.63, 3.8) is 0 Å². The lowest BCUT2D eigenvalue weighted by molar-refractivity contribution is 0.415. The monoisotopic (exact) mass is 709 g/mol. The van der Waals surface area contributed by atoms with Gasteiger partial charge in [-0.2, -0.15) is 0 Å². The van der Waals surface area contributed by atoms with Gasteiger partial charge in [0, 0.05) is 17.1 Å². The molecule has 0 aliphatic carbocycles. The highest BCUT2D eigenvalue weighted by Crippen LogP contribution is 2.41. The van der Waals surface area contributed by atoms with E-state index in [-0.39, 0.29) is 0 Å². The van der Waals surface area contributed by atoms with E-state index in [2.05, 4.69) is 181 Å². The molecule has 9 aromatic rings. The third kappa shape index (κ3) is 6.47. The molecule has 0 spiro atoms. The van der Waals surface area contributed by atoms with Gasteiger partial charge < -0.3 is 14.4 Å². The van der Waals surface area contributed by atoms with Crippen LogP contribution in [0, 0.1) is 0 Å². The van der Waals surface area contributed by atoms with Gasteiger partial charge in [0.15, 0.2) is 0 Å². The topological polar surface area (TPSA) is 21.7 Å². The van der Waals surface area contributed by atoms with Crippen LogP contribution in [0.4, 0.5) is 17.1 Å². The zero-order chi connectivity index (χ0) is 37.1. The molecule has 264 valence electrons. The van der Waals surface area contributed by atoms with Gasteiger partial charge in [0.1, 0.15) is 11.5 Å². The predicted molar refractivity (Wildman–Crippen MR) is 233 cm³/mol. The van der Waals surface area contributed by atoms with Gasteiger partial charge in [-0.05, 0) is 126 Å². The van der Waals surface area contributed by atoms with Crippen LogP contribution in [0.15, 0.2) is 188 Å². The quantitative estimate of drug-likeness (QED) is 0.139. The third-order valence-electron chi connectivity index (χ3n) is 10.5. The molecule has 9 aromatic carbocycles. The molecule has 0 heterocycles. The Balaban J connectivity index is 1.05. The molecule has 0 saturated heterocycles. The van der Waals surface area contributed by atoms with Crippen LogP contribution < -0.4 is 14.4 Å². The first-order valence-corrected chi connectivity index (χ1v) is 18.6. The van der Waals surface area contributed by atoms with Gasteiger partial charge in [0.25, 0.3) is 0 Å². The molecule has 3 nitrogen and oxygen atoms in total. The van der Waals surface area contributed by atoms with Gasteiger partial charge in [-0.3, -0.25) is 0 Å². The molecule has 0 atom stereocenters. The van der Waals surface area contributed by atoms with Gasteiger partial charge >= 0.3 is 0 Å². The molecule has 0 aliphatic rings. The number of methoxy groups -OCH3 is 2. The number of rotatable bonds is 9. The van der Waals surface area contributed by atoms with Gasteiger partial charge in [0.2, 0.25) is 0 Å². The van der Waals surface area contributed by atoms with Crippen LogP contribution in [0.5, 0.6) is 11.5 Å². The molecule has 9 rings (SSSR count). The average Bonchev–Trinajstić information content (AvgIpc) is 3.26. The standard InChI is InChI=1S/C52H39NO2/c1-54-42-29-25-40(26-30-42)53(41-27-31-43(55-2)32-28-41)39-23-19-36(20-24-39)18-21-38-22-33-50(46-14-6-5-13-45(38)46)52-35-34-51(48-15-7-8-16-49(48)52)47-17-9-11-37-10-3-4-12-44(37)47/h3-35H,1-2H3/b21-18+. The zero-order valence-corrected chi connectivity index (χ0v) is 30.8. The largest absolute Gasteiger partial charge is 0.497 e. The molecular weight excluding hydrogens is 671 g/mol. The molecule has 0 N–H and O–H groups in total. The second kappa shape index (κ2) is 14.7. The summed E-state index contributed by atoms with van der Waals surface area (Å²) < 4.78 is 10.9. The Labute approximate surface area is 322 Å². The fraction of sp³-hybridized carbons (Fsp3) is 0.0385. The number of hydrogen-bond donors (Lipinski definition) is 0. The van der Waals surface area contributed by atoms with Crippen molar-refractivity contribution in [2.75, 3.05) is 19.1 Å². The average molecular weight is 710 g/mol. The highest BCUT2D eigenvalue weighted by atomic mass is 16.5. The highest BCUT2D eigenvalue weighted by Gasteiger charge is 2.15. The number of ether oxygens (including phenoxy) is 2. The minimum Gasteiger partial charge on any atom is -0.497 e. The van der Waals surface area contributed by atoms with Crippen LogP contribution in [-0.2, 0) is 0 Å². The summed E-state index contributed by atoms with van der Waals surface area (Å²) in [7, 11) is 3.38. The van der Waals surface area contributed by atoms with E-state index in [9.17, 15) is 0 Å². The maximum Gasteiger partial charge on any atom is 0.119 e. The Morgan fingerprint density at radius 2 is 0.764 bits per heavy atom. The lowest BCUT2D eigenvalue weighted by Gasteiger charge is -2.26. The fourth-order valence-corrected chi connectivity index (χ4v) is 7.76. The molecular formula is C52H39NO2. The van der Waals surface area contributed by atoms with Crippen LogP contribution in [0.2, 0.25) is 0 Å². The van der Waals surface area contributed by atoms with Crippen molar-refractivity contribution in [1.82, 2.24) is 0 Å². The minimum atomic E-state index is 0.822. The Bertz CT molecular complexity index is 2770. The summed E-state index contributed by atoms with van der Waals surface area (Å²) in [6.07, 6.45) is 4.43. The van der Waals surface area contributed by atoms with Crippen LogP contribution in [0.3, 0.4) is 0 Å². The molecule has 0 unspecified atom stereocenters. The van der Waals surface area contributed by atoms with Crippen molar-refractivity contribution in [2.45, 2.75) is 0 Å². The minimum absolute atomic E-state index is 0.822. The molecule has 0 aromatic heterocycles. The molecule has 0 radical (unpaired) electrons. The van der Waals surface area contributed by atoms with Gasteiger partial charge in [-0.1, -0.05) is 140 Å². The van der Waals surface area contributed by atoms with Crippen molar-refractivity contribution >= 4 is 61.5 Å². The van der Waals surface area contributed by atoms with Crippen molar-refractivity contribution in [1.29, 1.82) is 0 Å². The van der Waals surface area contributed by atoms with Gasteiger partial charge in [-0.15, -0.1) is 0 Å². The van der Waals surface area contributed by atoms with Crippen LogP contribution >= 0.6 is 0 Å². The molecule has 0 saturated carbocycles. The number of nitrogens with zero attached hydrogens (tertiary/aromatic N) is 1. The molecule has 55 heavy (non-hydrogen) atoms. The van der Waals surface area contributed by atoms with Gasteiger partial charge in [-0.25, -0.2) is 0 Å². The second-order valence-electron chi connectivity index (χ2n) is 13.6. The first kappa shape index (κ1) is 33.7. The van der Waals surface area contributed by atoms with Crippen LogP contribution in [0.1, 0.15) is 11.1 Å². The van der Waals surface area contributed by atoms with E-state index in [0.29, 0.717) is 0 Å². The van der Waals surface area contributed by atoms with E-state index in [0.717, 1.165) is 34.1 Å². The zero-order valence-electron chi connectivity index (χ0n) is 30.8. The summed E-state index contributed by atoms with van der Waals surface area (Å²) in [4.78, 5) is 2.23. The molecule has 0 bridgehead atoms. The maximum absolute atomic E-state index is 5.43. The Kier molecular flexibility index (Phi) is 9.03. The van der Waals surface area contributed by atoms with E-state index in [1.165, 1.54) is 60.1 Å². The van der Waals surface area contributed by atoms with E-state index in [1.807, 2.05) is 24.3 Å². The smallest absolute Gasteiger partial charge is 0.119 e. The van der Waals surface area contributed by atoms with Crippen LogP contribution in [0.25, 0.3) is 66.7 Å². The summed E-state index contributed by atoms with van der Waals surface area (Å²) in [5.74, 6) is 1.64. The summed E-state index contributed by atoms with van der Waals surface area (Å²) in [6.45, 7) is 0. The van der Waals surface area contributed by atoms with Crippen LogP contribution in [-0.4, -0.2) is 14.2 Å². The SMILES string of the molecule is COc1ccc(N(c2ccc(/C=C/c3ccc(-c4ccc(-c5cccc6ccccc56)c5ccccc45)c4ccccc34)cc2)c2ccc(OC)cc2)cc1. The molecule has 0 aliphatic heterocycles. The second-order valence-corrected chi connectivity index (χ2v) is 13.6. The maximum atomic E-state index is 5.43. The van der Waals surface area contributed by atoms with Crippen molar-refractivity contribution in [2.24, 2.45) is 0 Å². The number of fused-ring (bicyclic) bond motifs is 3. The Hall–Kier alpha value is -7.10. The Morgan fingerprint density at radius 1 is 0.345 bits per heavy atom. The van der Waals surface area contributed by atoms with Gasteiger partial charge in [0.05, 0.1) is 14.2 Å². The third-order valence-corrected chi connectivity index (χ3v) is 10.5. The number of anilines is 3. The highest BCUT2D eigenvalue weighted by molar-refractivity contribution is 6.13. The van der Waals surface area contributed by atoms with E-state index in [1.54, 1.807) is 14.2 Å². The van der Waals surface area contributed by atoms with E-state index >= 15 is 0 Å². The summed E-state index contributed by atoms with van der Waals surface area (Å²) in [6, 6.07) is 66.9. The summed E-state index contributed by atoms with van der Waals surface area (Å²) in [5.41, 5.74) is 10.4. The lowest BCUT2D eigenvalue weighted by Crippen LogP contribution is -2.09. The molecule has 0 amide bonds. The molecule has 3 heteroatoms. The van der Waals surface area contributed by atoms with E-state index < -0.39 is 0 Å². The Morgan fingerprint density at radius 3 is 1.31 bits per heavy atom. The molecule has 0 fully saturated rings. The number of hydrogen-bond acceptors (Lipinski definition) is 3. The summed E-state index contributed by atoms with van der Waals surface area (Å²) in [5, 5.41) is 7.48. The number of benzene rings is 9. The summed E-state index contributed by atoms with van der Waals surface area (Å²) >= 11 is 0. The predicted octanol–water partition coefficient (Wildman–Crippen LogP) is 14.1. The lowest BCUT2D eigenvalue weighted by atomic mass is 9.88. The normalized spacial score (nSPS) is 11.4. The first-order chi connectivity index (χ1) is 27.2. The van der Waals surface area contributed by atoms with Crippen molar-refractivity contribution in [3.05, 3.63) is 199 Å². The first-order valence-electron chi connectivity index (χ1n) is 18.6. The fourth-order valence-electron chi connectivity index (χ4n) is 7.76. The van der Waals surface area contributed by atoms with Crippen molar-refractivity contribution < 1.29 is 9.47 Å². The van der Waals surface area contributed by atoms with E-state index in [4.69, 9.17) is 9.47 Å².